The molecule has 0 fully saturated rings. The molecule has 2 rings (SSSR count). The molecule has 0 saturated heterocycles. The summed E-state index contributed by atoms with van der Waals surface area (Å²) in [7, 11) is 0. The maximum absolute atomic E-state index is 12.2. The monoisotopic (exact) mass is 382 g/mol. The maximum Gasteiger partial charge on any atom is 0.256 e. The molecule has 0 radical (unpaired) electrons. The minimum atomic E-state index is -0.157. The predicted octanol–water partition coefficient (Wildman–Crippen LogP) is 4.48. The van der Waals surface area contributed by atoms with E-state index in [2.05, 4.69) is 42.2 Å². The third-order valence-electron chi connectivity index (χ3n) is 2.64. The second-order valence-electron chi connectivity index (χ2n) is 4.27. The number of amides is 1. The highest BCUT2D eigenvalue weighted by molar-refractivity contribution is 9.10. The van der Waals surface area contributed by atoms with Crippen molar-refractivity contribution in [1.82, 2.24) is 4.98 Å². The van der Waals surface area contributed by atoms with Gasteiger partial charge in [0.25, 0.3) is 5.91 Å². The van der Waals surface area contributed by atoms with Gasteiger partial charge in [-0.25, -0.2) is 4.98 Å². The van der Waals surface area contributed by atoms with Crippen LogP contribution in [0.2, 0.25) is 0 Å². The van der Waals surface area contributed by atoms with Crippen LogP contribution in [-0.2, 0) is 0 Å². The van der Waals surface area contributed by atoms with Crippen molar-refractivity contribution in [3.8, 4) is 0 Å². The van der Waals surface area contributed by atoms with Crippen LogP contribution in [0.1, 0.15) is 21.5 Å². The molecule has 1 aromatic heterocycles. The van der Waals surface area contributed by atoms with E-state index in [4.69, 9.17) is 0 Å². The summed E-state index contributed by atoms with van der Waals surface area (Å²) < 4.78 is 1.56. The van der Waals surface area contributed by atoms with Crippen LogP contribution in [0.4, 0.5) is 5.69 Å². The summed E-state index contributed by atoms with van der Waals surface area (Å²) in [5.74, 6) is -0.157. The summed E-state index contributed by atoms with van der Waals surface area (Å²) in [4.78, 5) is 16.3. The molecule has 0 atom stereocenters. The molecule has 0 spiro atoms. The SMILES string of the molecule is Cc1ccc(C(=O)Nc2cnc(Br)c(C)c2)c(Br)c1. The molecule has 98 valence electrons. The molecule has 0 unspecified atom stereocenters. The van der Waals surface area contributed by atoms with Crippen molar-refractivity contribution < 1.29 is 4.79 Å². The van der Waals surface area contributed by atoms with Gasteiger partial charge in [-0.15, -0.1) is 0 Å². The number of benzene rings is 1. The zero-order valence-electron chi connectivity index (χ0n) is 10.5. The lowest BCUT2D eigenvalue weighted by Crippen LogP contribution is -2.13. The van der Waals surface area contributed by atoms with E-state index in [1.165, 1.54) is 0 Å². The fourth-order valence-corrected chi connectivity index (χ4v) is 2.52. The van der Waals surface area contributed by atoms with Gasteiger partial charge in [0.2, 0.25) is 0 Å². The first-order chi connectivity index (χ1) is 8.97. The van der Waals surface area contributed by atoms with Crippen LogP contribution >= 0.6 is 31.9 Å². The lowest BCUT2D eigenvalue weighted by Gasteiger charge is -2.08. The molecule has 1 amide bonds. The fraction of sp³-hybridized carbons (Fsp3) is 0.143. The van der Waals surface area contributed by atoms with Crippen molar-refractivity contribution in [3.63, 3.8) is 0 Å². The fourth-order valence-electron chi connectivity index (χ4n) is 1.63. The van der Waals surface area contributed by atoms with E-state index >= 15 is 0 Å². The topological polar surface area (TPSA) is 42.0 Å². The zero-order valence-corrected chi connectivity index (χ0v) is 13.7. The summed E-state index contributed by atoms with van der Waals surface area (Å²) in [6.45, 7) is 3.91. The molecule has 1 N–H and O–H groups in total. The van der Waals surface area contributed by atoms with Crippen LogP contribution < -0.4 is 5.32 Å². The number of halogens is 2. The first-order valence-electron chi connectivity index (χ1n) is 5.67. The quantitative estimate of drug-likeness (QED) is 0.777. The molecule has 5 heteroatoms. The third kappa shape index (κ3) is 3.42. The third-order valence-corrected chi connectivity index (χ3v) is 4.13. The maximum atomic E-state index is 12.2. The number of pyridine rings is 1. The van der Waals surface area contributed by atoms with E-state index in [1.807, 2.05) is 32.0 Å². The second-order valence-corrected chi connectivity index (χ2v) is 5.87. The molecule has 0 saturated carbocycles. The molecule has 19 heavy (non-hydrogen) atoms. The Morgan fingerprint density at radius 1 is 1.21 bits per heavy atom. The number of aryl methyl sites for hydroxylation is 2. The van der Waals surface area contributed by atoms with E-state index in [0.717, 1.165) is 20.2 Å². The Bertz CT molecular complexity index is 641. The van der Waals surface area contributed by atoms with Crippen molar-refractivity contribution in [2.45, 2.75) is 13.8 Å². The average Bonchev–Trinajstić information content (AvgIpc) is 2.33. The van der Waals surface area contributed by atoms with Crippen molar-refractivity contribution >= 4 is 43.5 Å². The minimum absolute atomic E-state index is 0.157. The Morgan fingerprint density at radius 2 is 1.95 bits per heavy atom. The number of carbonyl (C=O) groups excluding carboxylic acids is 1. The van der Waals surface area contributed by atoms with Crippen LogP contribution in [0, 0.1) is 13.8 Å². The first-order valence-corrected chi connectivity index (χ1v) is 7.25. The Hall–Kier alpha value is -1.20. The molecule has 0 aliphatic carbocycles. The summed E-state index contributed by atoms with van der Waals surface area (Å²) in [6, 6.07) is 7.50. The molecule has 2 aromatic rings. The van der Waals surface area contributed by atoms with Crippen LogP contribution in [0.25, 0.3) is 0 Å². The van der Waals surface area contributed by atoms with Crippen LogP contribution in [-0.4, -0.2) is 10.9 Å². The van der Waals surface area contributed by atoms with Gasteiger partial charge in [0.15, 0.2) is 0 Å². The standard InChI is InChI=1S/C14H12Br2N2O/c1-8-3-4-11(12(15)5-8)14(19)18-10-6-9(2)13(16)17-7-10/h3-7H,1-2H3,(H,18,19). The number of carbonyl (C=O) groups is 1. The molecule has 3 nitrogen and oxygen atoms in total. The highest BCUT2D eigenvalue weighted by Crippen LogP contribution is 2.21. The van der Waals surface area contributed by atoms with Gasteiger partial charge in [0, 0.05) is 4.47 Å². The number of anilines is 1. The Kier molecular flexibility index (Phi) is 4.37. The zero-order chi connectivity index (χ0) is 14.0. The molecule has 0 aliphatic heterocycles. The van der Waals surface area contributed by atoms with E-state index in [1.54, 1.807) is 12.3 Å². The van der Waals surface area contributed by atoms with Gasteiger partial charge in [0.05, 0.1) is 17.4 Å². The second kappa shape index (κ2) is 5.84. The number of hydrogen-bond acceptors (Lipinski definition) is 2. The van der Waals surface area contributed by atoms with Crippen LogP contribution in [0.15, 0.2) is 39.5 Å². The van der Waals surface area contributed by atoms with E-state index in [-0.39, 0.29) is 5.91 Å². The highest BCUT2D eigenvalue weighted by Gasteiger charge is 2.10. The number of nitrogens with one attached hydrogen (secondary N) is 1. The van der Waals surface area contributed by atoms with Gasteiger partial charge in [-0.05, 0) is 75.0 Å². The number of rotatable bonds is 2. The van der Waals surface area contributed by atoms with E-state index in [0.29, 0.717) is 11.3 Å². The first kappa shape index (κ1) is 14.2. The van der Waals surface area contributed by atoms with Gasteiger partial charge in [0.1, 0.15) is 4.60 Å². The molecule has 1 aromatic carbocycles. The Morgan fingerprint density at radius 3 is 2.58 bits per heavy atom. The number of nitrogens with zero attached hydrogens (tertiary/aromatic N) is 1. The number of hydrogen-bond donors (Lipinski definition) is 1. The Balaban J connectivity index is 2.23. The minimum Gasteiger partial charge on any atom is -0.321 e. The normalized spacial score (nSPS) is 10.3. The van der Waals surface area contributed by atoms with Crippen LogP contribution in [0.5, 0.6) is 0 Å². The van der Waals surface area contributed by atoms with Gasteiger partial charge in [-0.3, -0.25) is 4.79 Å². The van der Waals surface area contributed by atoms with Gasteiger partial charge in [-0.1, -0.05) is 6.07 Å². The van der Waals surface area contributed by atoms with Gasteiger partial charge in [-0.2, -0.15) is 0 Å². The molecule has 0 bridgehead atoms. The Labute approximate surface area is 128 Å². The van der Waals surface area contributed by atoms with Gasteiger partial charge >= 0.3 is 0 Å². The van der Waals surface area contributed by atoms with Crippen molar-refractivity contribution in [2.24, 2.45) is 0 Å². The van der Waals surface area contributed by atoms with Gasteiger partial charge < -0.3 is 5.32 Å². The molecular weight excluding hydrogens is 372 g/mol. The molecule has 1 heterocycles. The molecular formula is C14H12Br2N2O. The summed E-state index contributed by atoms with van der Waals surface area (Å²) in [5.41, 5.74) is 3.36. The van der Waals surface area contributed by atoms with Crippen molar-refractivity contribution in [3.05, 3.63) is 56.2 Å². The summed E-state index contributed by atoms with van der Waals surface area (Å²) >= 11 is 6.73. The van der Waals surface area contributed by atoms with Crippen molar-refractivity contribution in [1.29, 1.82) is 0 Å². The van der Waals surface area contributed by atoms with Crippen LogP contribution in [0.3, 0.4) is 0 Å². The van der Waals surface area contributed by atoms with E-state index < -0.39 is 0 Å². The highest BCUT2D eigenvalue weighted by atomic mass is 79.9. The summed E-state index contributed by atoms with van der Waals surface area (Å²) in [5, 5.41) is 2.83. The average molecular weight is 384 g/mol. The van der Waals surface area contributed by atoms with E-state index in [9.17, 15) is 4.79 Å². The summed E-state index contributed by atoms with van der Waals surface area (Å²) in [6.07, 6.45) is 1.62. The largest absolute Gasteiger partial charge is 0.321 e. The predicted molar refractivity (Wildman–Crippen MR) is 83.5 cm³/mol. The smallest absolute Gasteiger partial charge is 0.256 e. The lowest BCUT2D eigenvalue weighted by molar-refractivity contribution is 0.102. The number of aromatic nitrogens is 1. The lowest BCUT2D eigenvalue weighted by atomic mass is 10.1. The van der Waals surface area contributed by atoms with Crippen molar-refractivity contribution in [2.75, 3.05) is 5.32 Å². The molecule has 0 aliphatic rings.